The molecule has 0 nitrogen and oxygen atoms in total. The average molecular weight is 378 g/mol. The Morgan fingerprint density at radius 1 is 0.700 bits per heavy atom. The Kier molecular flexibility index (Phi) is 2.12. The van der Waals surface area contributed by atoms with Crippen molar-refractivity contribution in [3.05, 3.63) is 118 Å². The van der Waals surface area contributed by atoms with Crippen molar-refractivity contribution in [2.45, 2.75) is 17.3 Å². The van der Waals surface area contributed by atoms with Crippen molar-refractivity contribution in [3.63, 3.8) is 0 Å². The van der Waals surface area contributed by atoms with Gasteiger partial charge in [0.05, 0.1) is 5.41 Å². The monoisotopic (exact) mass is 378 g/mol. The molecule has 0 amide bonds. The summed E-state index contributed by atoms with van der Waals surface area (Å²) in [7, 11) is 0. The summed E-state index contributed by atoms with van der Waals surface area (Å²) in [6.45, 7) is 0. The number of allylic oxidation sites excluding steroid dienone is 4. The highest BCUT2D eigenvalue weighted by Crippen LogP contribution is 2.71. The van der Waals surface area contributed by atoms with Crippen LogP contribution in [-0.2, 0) is 5.41 Å². The first-order valence-electron chi connectivity index (χ1n) is 11.1. The fraction of sp³-hybridized carbons (Fsp3) is 0.133. The Balaban J connectivity index is 1.67. The van der Waals surface area contributed by atoms with Gasteiger partial charge in [0, 0.05) is 11.8 Å². The SMILES string of the molecule is C1=Cc2ccc3ccc4ccc5c6c4c3c2[C@]23C1=C[C@H](c1ccccc12)C(C=C5)C63. The molecule has 2 unspecified atom stereocenters. The van der Waals surface area contributed by atoms with Gasteiger partial charge in [0.25, 0.3) is 0 Å². The van der Waals surface area contributed by atoms with Gasteiger partial charge in [-0.3, -0.25) is 0 Å². The van der Waals surface area contributed by atoms with E-state index in [4.69, 9.17) is 0 Å². The minimum absolute atomic E-state index is 0.0538. The van der Waals surface area contributed by atoms with E-state index in [1.807, 2.05) is 0 Å². The van der Waals surface area contributed by atoms with Crippen molar-refractivity contribution in [1.29, 1.82) is 0 Å². The van der Waals surface area contributed by atoms with Crippen LogP contribution in [0, 0.1) is 5.92 Å². The van der Waals surface area contributed by atoms with Crippen LogP contribution in [0.15, 0.2) is 84.5 Å². The van der Waals surface area contributed by atoms with Gasteiger partial charge in [-0.2, -0.15) is 0 Å². The van der Waals surface area contributed by atoms with Crippen molar-refractivity contribution in [2.24, 2.45) is 5.92 Å². The molecule has 0 fully saturated rings. The molecule has 6 aliphatic rings. The molecule has 0 N–H and O–H groups in total. The molecule has 2 bridgehead atoms. The first kappa shape index (κ1) is 14.6. The zero-order valence-electron chi connectivity index (χ0n) is 16.4. The van der Waals surface area contributed by atoms with Gasteiger partial charge in [-0.1, -0.05) is 91.0 Å². The van der Waals surface area contributed by atoms with Crippen molar-refractivity contribution >= 4 is 33.7 Å². The quantitative estimate of drug-likeness (QED) is 0.287. The molecule has 0 aromatic heterocycles. The van der Waals surface area contributed by atoms with Crippen LogP contribution in [0.2, 0.25) is 0 Å². The lowest BCUT2D eigenvalue weighted by molar-refractivity contribution is 0.303. The highest BCUT2D eigenvalue weighted by molar-refractivity contribution is 6.16. The van der Waals surface area contributed by atoms with E-state index in [1.54, 1.807) is 22.3 Å². The summed E-state index contributed by atoms with van der Waals surface area (Å²) in [5.41, 5.74) is 10.6. The van der Waals surface area contributed by atoms with Gasteiger partial charge in [-0.15, -0.1) is 0 Å². The third-order valence-electron chi connectivity index (χ3n) is 8.74. The van der Waals surface area contributed by atoms with Gasteiger partial charge in [0.15, 0.2) is 0 Å². The van der Waals surface area contributed by atoms with Crippen LogP contribution in [-0.4, -0.2) is 0 Å². The van der Waals surface area contributed by atoms with Crippen LogP contribution in [0.3, 0.4) is 0 Å². The lowest BCUT2D eigenvalue weighted by atomic mass is 9.41. The normalized spacial score (nSPS) is 29.7. The summed E-state index contributed by atoms with van der Waals surface area (Å²) in [4.78, 5) is 0. The summed E-state index contributed by atoms with van der Waals surface area (Å²) in [5, 5.41) is 5.80. The van der Waals surface area contributed by atoms with Crippen LogP contribution >= 0.6 is 0 Å². The smallest absolute Gasteiger partial charge is 0.0538 e. The Hall–Kier alpha value is -3.38. The van der Waals surface area contributed by atoms with Gasteiger partial charge >= 0.3 is 0 Å². The lowest BCUT2D eigenvalue weighted by Gasteiger charge is -2.60. The minimum Gasteiger partial charge on any atom is -0.0792 e. The molecule has 4 aromatic rings. The number of rotatable bonds is 0. The van der Waals surface area contributed by atoms with Crippen molar-refractivity contribution in [1.82, 2.24) is 0 Å². The van der Waals surface area contributed by atoms with Crippen LogP contribution in [0.5, 0.6) is 0 Å². The molecule has 6 aliphatic carbocycles. The molecule has 10 rings (SSSR count). The molecule has 4 atom stereocenters. The van der Waals surface area contributed by atoms with E-state index < -0.39 is 0 Å². The fourth-order valence-electron chi connectivity index (χ4n) is 7.87. The molecule has 0 radical (unpaired) electrons. The molecule has 0 heteroatoms. The van der Waals surface area contributed by atoms with Gasteiger partial charge in [-0.05, 0) is 66.4 Å². The second-order valence-electron chi connectivity index (χ2n) is 9.65. The highest BCUT2D eigenvalue weighted by Gasteiger charge is 2.61. The predicted molar refractivity (Wildman–Crippen MR) is 124 cm³/mol. The maximum Gasteiger partial charge on any atom is 0.0538 e. The van der Waals surface area contributed by atoms with E-state index in [0.29, 0.717) is 17.8 Å². The zero-order valence-corrected chi connectivity index (χ0v) is 16.4. The molecular weight excluding hydrogens is 360 g/mol. The van der Waals surface area contributed by atoms with Gasteiger partial charge in [0.1, 0.15) is 0 Å². The molecule has 138 valence electrons. The molecule has 4 aromatic carbocycles. The van der Waals surface area contributed by atoms with E-state index in [0.717, 1.165) is 0 Å². The van der Waals surface area contributed by atoms with Crippen molar-refractivity contribution in [2.75, 3.05) is 0 Å². The summed E-state index contributed by atoms with van der Waals surface area (Å²) >= 11 is 0. The van der Waals surface area contributed by atoms with Crippen molar-refractivity contribution in [3.8, 4) is 0 Å². The largest absolute Gasteiger partial charge is 0.0792 e. The molecule has 30 heavy (non-hydrogen) atoms. The molecule has 0 heterocycles. The van der Waals surface area contributed by atoms with Crippen LogP contribution < -0.4 is 0 Å². The zero-order chi connectivity index (χ0) is 19.2. The molecule has 0 saturated heterocycles. The van der Waals surface area contributed by atoms with Gasteiger partial charge in [-0.25, -0.2) is 0 Å². The molecular formula is C30H18. The highest BCUT2D eigenvalue weighted by atomic mass is 14.6. The van der Waals surface area contributed by atoms with E-state index in [2.05, 4.69) is 91.0 Å². The second kappa shape index (κ2) is 4.37. The summed E-state index contributed by atoms with van der Waals surface area (Å²) < 4.78 is 0. The summed E-state index contributed by atoms with van der Waals surface area (Å²) in [6.07, 6.45) is 12.3. The molecule has 0 saturated carbocycles. The average Bonchev–Trinajstić information content (AvgIpc) is 2.82. The second-order valence-corrected chi connectivity index (χ2v) is 9.65. The van der Waals surface area contributed by atoms with Crippen molar-refractivity contribution < 1.29 is 0 Å². The van der Waals surface area contributed by atoms with Crippen LogP contribution in [0.1, 0.15) is 45.2 Å². The third-order valence-corrected chi connectivity index (χ3v) is 8.74. The number of hydrogen-bond donors (Lipinski definition) is 0. The van der Waals surface area contributed by atoms with E-state index in [9.17, 15) is 0 Å². The maximum atomic E-state index is 2.60. The Morgan fingerprint density at radius 2 is 1.50 bits per heavy atom. The molecule has 0 aliphatic heterocycles. The summed E-state index contributed by atoms with van der Waals surface area (Å²) in [5.74, 6) is 1.49. The molecule has 1 spiro atoms. The minimum atomic E-state index is -0.0538. The van der Waals surface area contributed by atoms with Gasteiger partial charge < -0.3 is 0 Å². The standard InChI is InChI=1S/C30H18/c1-2-4-24-21(3-1)23-15-20-13-11-19-10-9-17-7-5-16-6-8-18-12-14-22(23)29-27(18)25(16)26(17)28(19)30(20,24)29/h1-15,22-23,29H/t22?,23-,29?,30+/m1/s1. The Bertz CT molecular complexity index is 1610. The fourth-order valence-corrected chi connectivity index (χ4v) is 7.87. The summed E-state index contributed by atoms with van der Waals surface area (Å²) in [6, 6.07) is 23.4. The first-order valence-corrected chi connectivity index (χ1v) is 11.1. The number of hydrogen-bond acceptors (Lipinski definition) is 0. The maximum absolute atomic E-state index is 2.60. The van der Waals surface area contributed by atoms with E-state index in [1.165, 1.54) is 38.2 Å². The van der Waals surface area contributed by atoms with Gasteiger partial charge in [0.2, 0.25) is 0 Å². The topological polar surface area (TPSA) is 0 Å². The van der Waals surface area contributed by atoms with E-state index >= 15 is 0 Å². The number of benzene rings is 4. The Morgan fingerprint density at radius 3 is 2.43 bits per heavy atom. The van der Waals surface area contributed by atoms with Crippen LogP contribution in [0.4, 0.5) is 0 Å². The van der Waals surface area contributed by atoms with E-state index in [-0.39, 0.29) is 5.41 Å². The lowest BCUT2D eigenvalue weighted by Crippen LogP contribution is -2.52. The Labute approximate surface area is 174 Å². The van der Waals surface area contributed by atoms with Crippen LogP contribution in [0.25, 0.3) is 33.7 Å². The first-order chi connectivity index (χ1) is 14.9. The third kappa shape index (κ3) is 1.25. The predicted octanol–water partition coefficient (Wildman–Crippen LogP) is 7.08.